The summed E-state index contributed by atoms with van der Waals surface area (Å²) in [6, 6.07) is 11.9. The molecule has 0 heterocycles. The third kappa shape index (κ3) is 7.21. The number of rotatable bonds is 7. The smallest absolute Gasteiger partial charge is 0.306 e. The van der Waals surface area contributed by atoms with Crippen molar-refractivity contribution in [1.29, 1.82) is 0 Å². The number of nitrogens with one attached hydrogen (secondary N) is 3. The fourth-order valence-corrected chi connectivity index (χ4v) is 2.70. The molecule has 3 amide bonds. The van der Waals surface area contributed by atoms with Crippen LogP contribution in [-0.4, -0.2) is 30.3 Å². The summed E-state index contributed by atoms with van der Waals surface area (Å²) in [5.41, 5.74) is 7.20. The van der Waals surface area contributed by atoms with E-state index >= 15 is 0 Å². The Balaban J connectivity index is 1.67. The van der Waals surface area contributed by atoms with Gasteiger partial charge in [0.2, 0.25) is 5.91 Å². The lowest BCUT2D eigenvalue weighted by molar-refractivity contribution is -0.148. The molecule has 0 radical (unpaired) electrons. The summed E-state index contributed by atoms with van der Waals surface area (Å²) in [5, 5.41) is 2.90. The number of carbonyl (C=O) groups is 4. The first-order valence-electron chi connectivity index (χ1n) is 9.12. The third-order valence-corrected chi connectivity index (χ3v) is 4.34. The molecule has 0 saturated carbocycles. The zero-order valence-electron chi connectivity index (χ0n) is 16.6. The summed E-state index contributed by atoms with van der Waals surface area (Å²) in [7, 11) is 0. The van der Waals surface area contributed by atoms with Crippen LogP contribution in [0.15, 0.2) is 42.5 Å². The minimum atomic E-state index is -0.710. The third-order valence-electron chi connectivity index (χ3n) is 4.01. The Labute approximate surface area is 178 Å². The van der Waals surface area contributed by atoms with Gasteiger partial charge in [-0.1, -0.05) is 41.4 Å². The van der Waals surface area contributed by atoms with E-state index in [2.05, 4.69) is 16.2 Å². The monoisotopic (exact) mass is 431 g/mol. The first kappa shape index (κ1) is 22.9. The van der Waals surface area contributed by atoms with Crippen molar-refractivity contribution in [2.24, 2.45) is 0 Å². The number of hydrogen-bond donors (Lipinski definition) is 3. The van der Waals surface area contributed by atoms with Gasteiger partial charge in [-0.15, -0.1) is 0 Å². The molecule has 0 aliphatic carbocycles. The maximum Gasteiger partial charge on any atom is 0.306 e. The van der Waals surface area contributed by atoms with Crippen molar-refractivity contribution in [3.05, 3.63) is 64.2 Å². The standard InChI is InChI=1S/C21H22ClN3O5/c1-13-7-8-17(14(2)11-13)23-19(27)12-30-20(28)10-9-18(26)24-25-21(29)15-5-3-4-6-16(15)22/h3-8,11H,9-10,12H2,1-2H3,(H,23,27)(H,24,26)(H,25,29). The molecule has 0 bridgehead atoms. The largest absolute Gasteiger partial charge is 0.456 e. The van der Waals surface area contributed by atoms with Crippen molar-refractivity contribution in [2.45, 2.75) is 26.7 Å². The fourth-order valence-electron chi connectivity index (χ4n) is 2.48. The number of hydrazine groups is 1. The topological polar surface area (TPSA) is 114 Å². The average molecular weight is 432 g/mol. The first-order valence-corrected chi connectivity index (χ1v) is 9.50. The van der Waals surface area contributed by atoms with Crippen LogP contribution in [0.4, 0.5) is 5.69 Å². The molecule has 0 fully saturated rings. The summed E-state index contributed by atoms with van der Waals surface area (Å²) in [5.74, 6) is -2.36. The van der Waals surface area contributed by atoms with Gasteiger partial charge in [-0.3, -0.25) is 30.0 Å². The molecule has 0 atom stereocenters. The number of aryl methyl sites for hydroxylation is 2. The maximum atomic E-state index is 11.9. The highest BCUT2D eigenvalue weighted by Crippen LogP contribution is 2.16. The first-order chi connectivity index (χ1) is 14.3. The molecule has 2 rings (SSSR count). The number of halogens is 1. The zero-order chi connectivity index (χ0) is 22.1. The van der Waals surface area contributed by atoms with Crippen molar-refractivity contribution in [3.63, 3.8) is 0 Å². The second-order valence-corrected chi connectivity index (χ2v) is 6.92. The van der Waals surface area contributed by atoms with E-state index in [-0.39, 0.29) is 23.4 Å². The number of esters is 1. The lowest BCUT2D eigenvalue weighted by Gasteiger charge is -2.10. The van der Waals surface area contributed by atoms with Gasteiger partial charge in [0.15, 0.2) is 6.61 Å². The number of hydrogen-bond acceptors (Lipinski definition) is 5. The predicted octanol–water partition coefficient (Wildman–Crippen LogP) is 2.68. The van der Waals surface area contributed by atoms with Gasteiger partial charge in [0, 0.05) is 12.1 Å². The van der Waals surface area contributed by atoms with E-state index in [1.54, 1.807) is 24.3 Å². The van der Waals surface area contributed by atoms with Gasteiger partial charge < -0.3 is 10.1 Å². The van der Waals surface area contributed by atoms with Gasteiger partial charge in [0.1, 0.15) is 0 Å². The lowest BCUT2D eigenvalue weighted by Crippen LogP contribution is -2.41. The Morgan fingerprint density at radius 3 is 2.37 bits per heavy atom. The van der Waals surface area contributed by atoms with Crippen LogP contribution in [0.3, 0.4) is 0 Å². The van der Waals surface area contributed by atoms with Gasteiger partial charge in [0.05, 0.1) is 17.0 Å². The predicted molar refractivity (Wildman–Crippen MR) is 112 cm³/mol. The van der Waals surface area contributed by atoms with Gasteiger partial charge in [0.25, 0.3) is 11.8 Å². The lowest BCUT2D eigenvalue weighted by atomic mass is 10.1. The quantitative estimate of drug-likeness (QED) is 0.460. The SMILES string of the molecule is Cc1ccc(NC(=O)COC(=O)CCC(=O)NNC(=O)c2ccccc2Cl)c(C)c1. The molecule has 0 spiro atoms. The van der Waals surface area contributed by atoms with E-state index in [0.29, 0.717) is 5.69 Å². The molecule has 0 unspecified atom stereocenters. The van der Waals surface area contributed by atoms with Gasteiger partial charge in [-0.05, 0) is 37.6 Å². The highest BCUT2D eigenvalue weighted by Gasteiger charge is 2.13. The Morgan fingerprint density at radius 2 is 1.67 bits per heavy atom. The molecule has 0 aliphatic heterocycles. The molecule has 9 heteroatoms. The van der Waals surface area contributed by atoms with Gasteiger partial charge >= 0.3 is 5.97 Å². The number of carbonyl (C=O) groups excluding carboxylic acids is 4. The van der Waals surface area contributed by atoms with Crippen LogP contribution in [0.5, 0.6) is 0 Å². The molecule has 30 heavy (non-hydrogen) atoms. The fraction of sp³-hybridized carbons (Fsp3) is 0.238. The molecule has 3 N–H and O–H groups in total. The summed E-state index contributed by atoms with van der Waals surface area (Å²) in [6.45, 7) is 3.34. The van der Waals surface area contributed by atoms with Crippen LogP contribution in [0, 0.1) is 13.8 Å². The minimum absolute atomic E-state index is 0.203. The molecule has 8 nitrogen and oxygen atoms in total. The van der Waals surface area contributed by atoms with E-state index in [9.17, 15) is 19.2 Å². The van der Waals surface area contributed by atoms with Crippen LogP contribution in [0.25, 0.3) is 0 Å². The summed E-state index contributed by atoms with van der Waals surface area (Å²) in [4.78, 5) is 47.3. The van der Waals surface area contributed by atoms with Crippen LogP contribution in [0.1, 0.15) is 34.3 Å². The molecular weight excluding hydrogens is 410 g/mol. The van der Waals surface area contributed by atoms with Crippen molar-refractivity contribution in [1.82, 2.24) is 10.9 Å². The number of anilines is 1. The Morgan fingerprint density at radius 1 is 0.933 bits per heavy atom. The molecule has 0 saturated heterocycles. The maximum absolute atomic E-state index is 11.9. The van der Waals surface area contributed by atoms with Crippen molar-refractivity contribution in [3.8, 4) is 0 Å². The van der Waals surface area contributed by atoms with Crippen molar-refractivity contribution >= 4 is 41.0 Å². The highest BCUT2D eigenvalue weighted by atomic mass is 35.5. The van der Waals surface area contributed by atoms with E-state index in [1.807, 2.05) is 26.0 Å². The number of amides is 3. The van der Waals surface area contributed by atoms with Crippen LogP contribution < -0.4 is 16.2 Å². The van der Waals surface area contributed by atoms with Crippen LogP contribution in [-0.2, 0) is 19.1 Å². The molecule has 2 aromatic carbocycles. The second kappa shape index (κ2) is 11.0. The summed E-state index contributed by atoms with van der Waals surface area (Å²) in [6.07, 6.45) is -0.467. The van der Waals surface area contributed by atoms with Crippen LogP contribution >= 0.6 is 11.6 Å². The van der Waals surface area contributed by atoms with Crippen LogP contribution in [0.2, 0.25) is 5.02 Å². The Hall–Kier alpha value is -3.39. The van der Waals surface area contributed by atoms with Crippen molar-refractivity contribution in [2.75, 3.05) is 11.9 Å². The summed E-state index contributed by atoms with van der Waals surface area (Å²) >= 11 is 5.90. The Bertz CT molecular complexity index is 961. The number of benzene rings is 2. The second-order valence-electron chi connectivity index (χ2n) is 6.51. The molecule has 0 aliphatic rings. The van der Waals surface area contributed by atoms with Gasteiger partial charge in [-0.25, -0.2) is 0 Å². The van der Waals surface area contributed by atoms with Gasteiger partial charge in [-0.2, -0.15) is 0 Å². The van der Waals surface area contributed by atoms with E-state index in [4.69, 9.17) is 16.3 Å². The normalized spacial score (nSPS) is 10.1. The zero-order valence-corrected chi connectivity index (χ0v) is 17.3. The summed E-state index contributed by atoms with van der Waals surface area (Å²) < 4.78 is 4.86. The molecule has 158 valence electrons. The number of ether oxygens (including phenoxy) is 1. The minimum Gasteiger partial charge on any atom is -0.456 e. The Kier molecular flexibility index (Phi) is 8.37. The average Bonchev–Trinajstić information content (AvgIpc) is 2.71. The van der Waals surface area contributed by atoms with E-state index in [1.165, 1.54) is 6.07 Å². The molecular formula is C21H22ClN3O5. The van der Waals surface area contributed by atoms with E-state index in [0.717, 1.165) is 11.1 Å². The molecule has 2 aromatic rings. The van der Waals surface area contributed by atoms with Crippen molar-refractivity contribution < 1.29 is 23.9 Å². The highest BCUT2D eigenvalue weighted by molar-refractivity contribution is 6.33. The molecule has 0 aromatic heterocycles. The van der Waals surface area contributed by atoms with E-state index < -0.39 is 30.3 Å².